The summed E-state index contributed by atoms with van der Waals surface area (Å²) < 4.78 is 46.3. The Morgan fingerprint density at radius 3 is 2.44 bits per heavy atom. The van der Waals surface area contributed by atoms with E-state index in [2.05, 4.69) is 10.0 Å². The van der Waals surface area contributed by atoms with Crippen LogP contribution in [0, 0.1) is 12.7 Å². The maximum atomic E-state index is 13.0. The lowest BCUT2D eigenvalue weighted by Gasteiger charge is -2.13. The van der Waals surface area contributed by atoms with Crippen molar-refractivity contribution in [3.8, 4) is 5.75 Å². The maximum Gasteiger partial charge on any atom is 0.261 e. The highest BCUT2D eigenvalue weighted by Gasteiger charge is 2.16. The molecule has 34 heavy (non-hydrogen) atoms. The molecule has 174 valence electrons. The van der Waals surface area contributed by atoms with Gasteiger partial charge in [0.05, 0.1) is 4.90 Å². The van der Waals surface area contributed by atoms with Crippen LogP contribution >= 0.6 is 0 Å². The number of fused-ring (bicyclic) bond motifs is 1. The van der Waals surface area contributed by atoms with Crippen molar-refractivity contribution in [3.63, 3.8) is 0 Å². The number of anilines is 1. The van der Waals surface area contributed by atoms with Crippen LogP contribution in [0.3, 0.4) is 0 Å². The average molecular weight is 479 g/mol. The zero-order valence-electron chi connectivity index (χ0n) is 18.4. The molecule has 0 saturated heterocycles. The summed E-state index contributed by atoms with van der Waals surface area (Å²) in [6, 6.07) is 23.3. The van der Waals surface area contributed by atoms with E-state index in [1.165, 1.54) is 42.5 Å². The Kier molecular flexibility index (Phi) is 6.79. The number of hydrogen-bond donors (Lipinski definition) is 2. The molecular weight excluding hydrogens is 455 g/mol. The third kappa shape index (κ3) is 5.52. The smallest absolute Gasteiger partial charge is 0.261 e. The first kappa shape index (κ1) is 23.3. The fraction of sp³-hybridized carbons (Fsp3) is 0.115. The molecule has 0 radical (unpaired) electrons. The summed E-state index contributed by atoms with van der Waals surface area (Å²) in [6.07, 6.45) is 0. The monoisotopic (exact) mass is 478 g/mol. The molecule has 0 aliphatic carbocycles. The molecular formula is C26H23FN2O4S. The van der Waals surface area contributed by atoms with E-state index in [1.807, 2.05) is 42.5 Å². The molecule has 0 aromatic heterocycles. The summed E-state index contributed by atoms with van der Waals surface area (Å²) in [5, 5.41) is 5.03. The molecule has 4 aromatic carbocycles. The summed E-state index contributed by atoms with van der Waals surface area (Å²) in [5.41, 5.74) is 1.82. The van der Waals surface area contributed by atoms with Gasteiger partial charge in [-0.15, -0.1) is 0 Å². The first-order valence-corrected chi connectivity index (χ1v) is 12.1. The zero-order chi connectivity index (χ0) is 24.1. The highest BCUT2D eigenvalue weighted by Crippen LogP contribution is 2.24. The number of carbonyl (C=O) groups excluding carboxylic acids is 1. The van der Waals surface area contributed by atoms with Gasteiger partial charge in [0, 0.05) is 12.2 Å². The lowest BCUT2D eigenvalue weighted by Crippen LogP contribution is -2.28. The van der Waals surface area contributed by atoms with Gasteiger partial charge >= 0.3 is 0 Å². The highest BCUT2D eigenvalue weighted by atomic mass is 32.2. The molecule has 8 heteroatoms. The standard InChI is InChI=1S/C26H23FN2O4S/c1-18-15-23(34(31,32)29-22-11-9-21(27)10-12-22)13-14-25(18)33-17-26(30)28-16-20-7-4-6-19-5-2-3-8-24(19)20/h2-15,29H,16-17H2,1H3,(H,28,30). The van der Waals surface area contributed by atoms with Crippen molar-refractivity contribution in [1.82, 2.24) is 5.32 Å². The Hall–Kier alpha value is -3.91. The van der Waals surface area contributed by atoms with Gasteiger partial charge in [-0.3, -0.25) is 9.52 Å². The van der Waals surface area contributed by atoms with Crippen molar-refractivity contribution in [1.29, 1.82) is 0 Å². The molecule has 0 heterocycles. The van der Waals surface area contributed by atoms with Crippen molar-refractivity contribution in [3.05, 3.63) is 102 Å². The van der Waals surface area contributed by atoms with Crippen LogP contribution in [0.25, 0.3) is 10.8 Å². The summed E-state index contributed by atoms with van der Waals surface area (Å²) in [6.45, 7) is 1.86. The second-order valence-electron chi connectivity index (χ2n) is 7.74. The zero-order valence-corrected chi connectivity index (χ0v) is 19.2. The molecule has 1 amide bonds. The molecule has 0 aliphatic rings. The topological polar surface area (TPSA) is 84.5 Å². The van der Waals surface area contributed by atoms with Gasteiger partial charge in [-0.1, -0.05) is 42.5 Å². The van der Waals surface area contributed by atoms with Gasteiger partial charge < -0.3 is 10.1 Å². The predicted octanol–water partition coefficient (Wildman–Crippen LogP) is 4.78. The maximum absolute atomic E-state index is 13.0. The fourth-order valence-electron chi connectivity index (χ4n) is 3.52. The van der Waals surface area contributed by atoms with Gasteiger partial charge in [-0.2, -0.15) is 0 Å². The Morgan fingerprint density at radius 2 is 1.68 bits per heavy atom. The Labute approximate surface area is 197 Å². The Morgan fingerprint density at radius 1 is 0.941 bits per heavy atom. The number of nitrogens with one attached hydrogen (secondary N) is 2. The third-order valence-electron chi connectivity index (χ3n) is 5.27. The first-order valence-electron chi connectivity index (χ1n) is 10.6. The van der Waals surface area contributed by atoms with Crippen molar-refractivity contribution < 1.29 is 22.3 Å². The van der Waals surface area contributed by atoms with E-state index < -0.39 is 15.8 Å². The van der Waals surface area contributed by atoms with E-state index >= 15 is 0 Å². The number of ether oxygens (including phenoxy) is 1. The minimum Gasteiger partial charge on any atom is -0.484 e. The largest absolute Gasteiger partial charge is 0.484 e. The number of amides is 1. The lowest BCUT2D eigenvalue weighted by molar-refractivity contribution is -0.123. The molecule has 2 N–H and O–H groups in total. The minimum atomic E-state index is -3.86. The van der Waals surface area contributed by atoms with E-state index in [0.717, 1.165) is 16.3 Å². The van der Waals surface area contributed by atoms with Gasteiger partial charge in [0.1, 0.15) is 11.6 Å². The molecule has 0 bridgehead atoms. The van der Waals surface area contributed by atoms with Crippen LogP contribution in [-0.4, -0.2) is 20.9 Å². The number of hydrogen-bond acceptors (Lipinski definition) is 4. The number of sulfonamides is 1. The van der Waals surface area contributed by atoms with Crippen molar-refractivity contribution in [2.45, 2.75) is 18.4 Å². The van der Waals surface area contributed by atoms with Crippen LogP contribution in [0.2, 0.25) is 0 Å². The molecule has 0 unspecified atom stereocenters. The number of benzene rings is 4. The van der Waals surface area contributed by atoms with Crippen molar-refractivity contribution in [2.24, 2.45) is 0 Å². The van der Waals surface area contributed by atoms with Crippen LogP contribution in [0.5, 0.6) is 5.75 Å². The number of rotatable bonds is 8. The van der Waals surface area contributed by atoms with Crippen LogP contribution in [0.15, 0.2) is 89.8 Å². The lowest BCUT2D eigenvalue weighted by atomic mass is 10.0. The van der Waals surface area contributed by atoms with Gasteiger partial charge in [0.25, 0.3) is 15.9 Å². The second kappa shape index (κ2) is 9.93. The van der Waals surface area contributed by atoms with E-state index in [4.69, 9.17) is 4.74 Å². The molecule has 6 nitrogen and oxygen atoms in total. The average Bonchev–Trinajstić information content (AvgIpc) is 2.83. The van der Waals surface area contributed by atoms with Gasteiger partial charge in [0.15, 0.2) is 6.61 Å². The second-order valence-corrected chi connectivity index (χ2v) is 9.43. The third-order valence-corrected chi connectivity index (χ3v) is 6.65. The van der Waals surface area contributed by atoms with Crippen LogP contribution < -0.4 is 14.8 Å². The normalized spacial score (nSPS) is 11.2. The van der Waals surface area contributed by atoms with Crippen LogP contribution in [0.4, 0.5) is 10.1 Å². The molecule has 4 aromatic rings. The van der Waals surface area contributed by atoms with Crippen LogP contribution in [-0.2, 0) is 21.4 Å². The molecule has 0 saturated carbocycles. The molecule has 0 aliphatic heterocycles. The molecule has 0 atom stereocenters. The van der Waals surface area contributed by atoms with E-state index in [0.29, 0.717) is 17.9 Å². The first-order chi connectivity index (χ1) is 16.3. The summed E-state index contributed by atoms with van der Waals surface area (Å²) in [5.74, 6) is -0.343. The van der Waals surface area contributed by atoms with E-state index in [1.54, 1.807) is 6.92 Å². The Balaban J connectivity index is 1.36. The molecule has 4 rings (SSSR count). The fourth-order valence-corrected chi connectivity index (χ4v) is 4.66. The van der Waals surface area contributed by atoms with Crippen molar-refractivity contribution in [2.75, 3.05) is 11.3 Å². The highest BCUT2D eigenvalue weighted by molar-refractivity contribution is 7.92. The summed E-state index contributed by atoms with van der Waals surface area (Å²) in [7, 11) is -3.86. The summed E-state index contributed by atoms with van der Waals surface area (Å²) >= 11 is 0. The number of carbonyl (C=O) groups is 1. The summed E-state index contributed by atoms with van der Waals surface area (Å²) in [4.78, 5) is 12.4. The van der Waals surface area contributed by atoms with Crippen LogP contribution in [0.1, 0.15) is 11.1 Å². The van der Waals surface area contributed by atoms with E-state index in [9.17, 15) is 17.6 Å². The number of aryl methyl sites for hydroxylation is 1. The van der Waals surface area contributed by atoms with Gasteiger partial charge in [-0.05, 0) is 71.3 Å². The number of halogens is 1. The van der Waals surface area contributed by atoms with Gasteiger partial charge in [0.2, 0.25) is 0 Å². The SMILES string of the molecule is Cc1cc(S(=O)(=O)Nc2ccc(F)cc2)ccc1OCC(=O)NCc1cccc2ccccc12. The molecule has 0 spiro atoms. The molecule has 0 fully saturated rings. The van der Waals surface area contributed by atoms with Crippen molar-refractivity contribution >= 4 is 32.4 Å². The predicted molar refractivity (Wildman–Crippen MR) is 130 cm³/mol. The minimum absolute atomic E-state index is 0.0297. The van der Waals surface area contributed by atoms with E-state index in [-0.39, 0.29) is 23.1 Å². The quantitative estimate of drug-likeness (QED) is 0.382. The Bertz CT molecular complexity index is 1430. The van der Waals surface area contributed by atoms with Gasteiger partial charge in [-0.25, -0.2) is 12.8 Å².